The molecule has 0 aliphatic rings. The van der Waals surface area contributed by atoms with E-state index in [0.29, 0.717) is 15.3 Å². The van der Waals surface area contributed by atoms with Crippen LogP contribution in [-0.4, -0.2) is 10.9 Å². The number of amides is 1. The standard InChI is InChI=1S/C5H5BrClN3O.ClH/c6-4-2(7)1-3(9-4)5(11)10-8;/h1,9H,8H2,(H,10,11);1H. The van der Waals surface area contributed by atoms with Crippen LogP contribution in [-0.2, 0) is 0 Å². The number of hydrazine groups is 1. The van der Waals surface area contributed by atoms with Gasteiger partial charge in [-0.1, -0.05) is 11.6 Å². The van der Waals surface area contributed by atoms with Crippen LogP contribution < -0.4 is 11.3 Å². The van der Waals surface area contributed by atoms with Crippen molar-refractivity contribution in [2.24, 2.45) is 5.84 Å². The Morgan fingerprint density at radius 1 is 1.75 bits per heavy atom. The maximum Gasteiger partial charge on any atom is 0.281 e. The van der Waals surface area contributed by atoms with Crippen molar-refractivity contribution in [3.8, 4) is 0 Å². The first-order chi connectivity index (χ1) is 5.15. The van der Waals surface area contributed by atoms with E-state index in [9.17, 15) is 4.79 Å². The molecule has 0 saturated heterocycles. The molecule has 0 aliphatic heterocycles. The highest BCUT2D eigenvalue weighted by Gasteiger charge is 2.08. The molecule has 0 aromatic carbocycles. The number of hydrogen-bond acceptors (Lipinski definition) is 2. The van der Waals surface area contributed by atoms with Gasteiger partial charge in [0.15, 0.2) is 0 Å². The number of carbonyl (C=O) groups is 1. The molecule has 0 aliphatic carbocycles. The molecule has 0 spiro atoms. The molecule has 4 nitrogen and oxygen atoms in total. The maximum atomic E-state index is 10.8. The minimum absolute atomic E-state index is 0. The molecule has 0 unspecified atom stereocenters. The van der Waals surface area contributed by atoms with Gasteiger partial charge >= 0.3 is 0 Å². The fraction of sp³-hybridized carbons (Fsp3) is 0. The molecule has 0 fully saturated rings. The van der Waals surface area contributed by atoms with Crippen LogP contribution >= 0.6 is 39.9 Å². The number of halogens is 3. The summed E-state index contributed by atoms with van der Waals surface area (Å²) in [6, 6.07) is 1.48. The largest absolute Gasteiger partial charge is 0.344 e. The minimum atomic E-state index is -0.405. The number of nitrogens with two attached hydrogens (primary N) is 1. The van der Waals surface area contributed by atoms with Gasteiger partial charge in [-0.25, -0.2) is 5.84 Å². The number of hydrogen-bond donors (Lipinski definition) is 3. The highest BCUT2D eigenvalue weighted by molar-refractivity contribution is 9.10. The molecule has 7 heteroatoms. The lowest BCUT2D eigenvalue weighted by molar-refractivity contribution is 0.0949. The van der Waals surface area contributed by atoms with E-state index in [0.717, 1.165) is 0 Å². The molecular weight excluding hydrogens is 269 g/mol. The molecule has 0 radical (unpaired) electrons. The van der Waals surface area contributed by atoms with Crippen molar-refractivity contribution in [1.82, 2.24) is 10.4 Å². The van der Waals surface area contributed by atoms with Crippen molar-refractivity contribution in [3.63, 3.8) is 0 Å². The average molecular weight is 275 g/mol. The smallest absolute Gasteiger partial charge is 0.281 e. The van der Waals surface area contributed by atoms with Crippen LogP contribution in [0.3, 0.4) is 0 Å². The van der Waals surface area contributed by atoms with Crippen molar-refractivity contribution in [3.05, 3.63) is 21.4 Å². The van der Waals surface area contributed by atoms with Crippen molar-refractivity contribution in [2.45, 2.75) is 0 Å². The van der Waals surface area contributed by atoms with Gasteiger partial charge in [-0.15, -0.1) is 12.4 Å². The highest BCUT2D eigenvalue weighted by Crippen LogP contribution is 2.21. The molecule has 1 rings (SSSR count). The van der Waals surface area contributed by atoms with Gasteiger partial charge in [0.2, 0.25) is 0 Å². The Kier molecular flexibility index (Phi) is 4.62. The fourth-order valence-corrected chi connectivity index (χ4v) is 1.09. The van der Waals surface area contributed by atoms with Crippen molar-refractivity contribution >= 4 is 45.8 Å². The Bertz CT molecular complexity index is 269. The number of carbonyl (C=O) groups excluding carboxylic acids is 1. The summed E-state index contributed by atoms with van der Waals surface area (Å²) in [5.74, 6) is 4.48. The molecule has 0 atom stereocenters. The van der Waals surface area contributed by atoms with E-state index in [1.807, 2.05) is 5.43 Å². The summed E-state index contributed by atoms with van der Waals surface area (Å²) < 4.78 is 0.567. The molecule has 0 saturated carbocycles. The van der Waals surface area contributed by atoms with E-state index in [1.165, 1.54) is 6.07 Å². The lowest BCUT2D eigenvalue weighted by atomic mass is 10.4. The average Bonchev–Trinajstić information content (AvgIpc) is 2.31. The monoisotopic (exact) mass is 273 g/mol. The molecule has 1 aromatic rings. The summed E-state index contributed by atoms with van der Waals surface area (Å²) in [5.41, 5.74) is 2.30. The number of rotatable bonds is 1. The minimum Gasteiger partial charge on any atom is -0.344 e. The number of nitrogen functional groups attached to an aromatic ring is 1. The van der Waals surface area contributed by atoms with Crippen molar-refractivity contribution in [1.29, 1.82) is 0 Å². The summed E-state index contributed by atoms with van der Waals surface area (Å²) in [7, 11) is 0. The van der Waals surface area contributed by atoms with Gasteiger partial charge in [-0.2, -0.15) is 0 Å². The molecule has 68 valence electrons. The predicted octanol–water partition coefficient (Wildman–Crippen LogP) is 1.46. The molecule has 1 aromatic heterocycles. The second kappa shape index (κ2) is 4.71. The summed E-state index contributed by atoms with van der Waals surface area (Å²) in [6.07, 6.45) is 0. The van der Waals surface area contributed by atoms with Gasteiger partial charge < -0.3 is 4.98 Å². The Morgan fingerprint density at radius 2 is 2.33 bits per heavy atom. The Labute approximate surface area is 88.4 Å². The van der Waals surface area contributed by atoms with E-state index in [1.54, 1.807) is 0 Å². The van der Waals surface area contributed by atoms with Crippen LogP contribution in [0.15, 0.2) is 10.7 Å². The predicted molar refractivity (Wildman–Crippen MR) is 52.4 cm³/mol. The number of nitrogens with one attached hydrogen (secondary N) is 2. The zero-order valence-electron chi connectivity index (χ0n) is 5.73. The topological polar surface area (TPSA) is 70.9 Å². The maximum absolute atomic E-state index is 10.8. The molecule has 1 heterocycles. The normalized spacial score (nSPS) is 8.92. The number of aromatic nitrogens is 1. The van der Waals surface area contributed by atoms with E-state index < -0.39 is 5.91 Å². The Morgan fingerprint density at radius 3 is 2.67 bits per heavy atom. The second-order valence-electron chi connectivity index (χ2n) is 1.82. The van der Waals surface area contributed by atoms with Gasteiger partial charge in [0.1, 0.15) is 10.3 Å². The summed E-state index contributed by atoms with van der Waals surface area (Å²) in [6.45, 7) is 0. The number of aromatic amines is 1. The Hall–Kier alpha value is -0.230. The van der Waals surface area contributed by atoms with Crippen molar-refractivity contribution < 1.29 is 4.79 Å². The molecule has 0 bridgehead atoms. The SMILES string of the molecule is Cl.NNC(=O)c1cc(Cl)c(Br)[nH]1. The molecular formula is C5H6BrCl2N3O. The third-order valence-corrected chi connectivity index (χ3v) is 2.25. The van der Waals surface area contributed by atoms with E-state index in [2.05, 4.69) is 20.9 Å². The fourth-order valence-electron chi connectivity index (χ4n) is 0.604. The van der Waals surface area contributed by atoms with Crippen LogP contribution in [0.25, 0.3) is 0 Å². The van der Waals surface area contributed by atoms with Gasteiger partial charge in [-0.05, 0) is 22.0 Å². The quantitative estimate of drug-likeness (QED) is 0.412. The van der Waals surface area contributed by atoms with E-state index in [4.69, 9.17) is 17.4 Å². The highest BCUT2D eigenvalue weighted by atomic mass is 79.9. The Balaban J connectivity index is 0.00000121. The lowest BCUT2D eigenvalue weighted by Crippen LogP contribution is -2.30. The first kappa shape index (κ1) is 11.8. The van der Waals surface area contributed by atoms with Gasteiger partial charge in [0, 0.05) is 0 Å². The van der Waals surface area contributed by atoms with Crippen LogP contribution in [0, 0.1) is 0 Å². The van der Waals surface area contributed by atoms with Crippen molar-refractivity contribution in [2.75, 3.05) is 0 Å². The van der Waals surface area contributed by atoms with Gasteiger partial charge in [-0.3, -0.25) is 10.2 Å². The lowest BCUT2D eigenvalue weighted by Gasteiger charge is -1.92. The van der Waals surface area contributed by atoms with E-state index >= 15 is 0 Å². The first-order valence-electron chi connectivity index (χ1n) is 2.70. The number of H-pyrrole nitrogens is 1. The van der Waals surface area contributed by atoms with Gasteiger partial charge in [0.05, 0.1) is 5.02 Å². The van der Waals surface area contributed by atoms with Gasteiger partial charge in [0.25, 0.3) is 5.91 Å². The molecule has 4 N–H and O–H groups in total. The zero-order valence-corrected chi connectivity index (χ0v) is 8.89. The first-order valence-corrected chi connectivity index (χ1v) is 3.87. The van der Waals surface area contributed by atoms with Crippen LogP contribution in [0.4, 0.5) is 0 Å². The van der Waals surface area contributed by atoms with Crippen LogP contribution in [0.5, 0.6) is 0 Å². The third kappa shape index (κ3) is 2.38. The summed E-state index contributed by atoms with van der Waals surface area (Å²) in [4.78, 5) is 13.5. The summed E-state index contributed by atoms with van der Waals surface area (Å²) in [5, 5.41) is 0.448. The van der Waals surface area contributed by atoms with Crippen LogP contribution in [0.2, 0.25) is 5.02 Å². The molecule has 12 heavy (non-hydrogen) atoms. The third-order valence-electron chi connectivity index (χ3n) is 1.10. The second-order valence-corrected chi connectivity index (χ2v) is 3.02. The van der Waals surface area contributed by atoms with Crippen LogP contribution in [0.1, 0.15) is 10.5 Å². The zero-order chi connectivity index (χ0) is 8.43. The van der Waals surface area contributed by atoms with E-state index in [-0.39, 0.29) is 12.4 Å². The summed E-state index contributed by atoms with van der Waals surface area (Å²) >= 11 is 8.74. The molecule has 1 amide bonds.